The van der Waals surface area contributed by atoms with E-state index in [1.165, 1.54) is 89.9 Å². The monoisotopic (exact) mass is 1270 g/mol. The van der Waals surface area contributed by atoms with Crippen molar-refractivity contribution in [3.05, 3.63) is 170 Å². The van der Waals surface area contributed by atoms with Crippen LogP contribution in [0.1, 0.15) is 271 Å². The third kappa shape index (κ3) is 72.4. The van der Waals surface area contributed by atoms with Gasteiger partial charge in [-0.15, -0.1) is 0 Å². The van der Waals surface area contributed by atoms with Gasteiger partial charge in [-0.2, -0.15) is 0 Å². The zero-order chi connectivity index (χ0) is 65.5. The largest absolute Gasteiger partial charge is 0.472 e. The van der Waals surface area contributed by atoms with E-state index >= 15 is 0 Å². The number of hydrogen-bond donors (Lipinski definition) is 1. The molecule has 10 heteroatoms. The minimum atomic E-state index is -4.41. The summed E-state index contributed by atoms with van der Waals surface area (Å²) in [5.41, 5.74) is 0. The molecule has 9 nitrogen and oxygen atoms in total. The minimum Gasteiger partial charge on any atom is -0.462 e. The second-order valence-corrected chi connectivity index (χ2v) is 26.0. The summed E-state index contributed by atoms with van der Waals surface area (Å²) < 4.78 is 34.7. The first kappa shape index (κ1) is 85.4. The average molecular weight is 1270 g/mol. The molecule has 0 spiro atoms. The van der Waals surface area contributed by atoms with Crippen LogP contribution in [0.4, 0.5) is 0 Å². The standard InChI is InChI=1S/C80H132NO8P/c1-6-8-10-12-14-16-18-20-22-24-26-28-30-32-34-36-38-40-42-44-46-48-50-52-54-56-58-60-62-64-66-68-70-72-79(82)86-76-78(77-88-90(84,85)87-75-74-81(3,4)5)89-80(83)73-71-69-67-65-63-61-59-57-55-53-51-49-47-45-43-41-39-37-35-33-31-29-27-25-23-21-19-17-15-13-11-9-7-2/h8-11,14-17,20-23,26-29,32-35,38-41,44-47,78H,6-7,12-13,18-19,24-25,30-31,36-37,42-43,48-77H2,1-5H3/p+1/b10-8-,11-9-,16-14-,17-15-,22-20-,23-21-,28-26-,29-27-,34-32-,35-33-,40-38-,41-39-,46-44-,47-45-. The highest BCUT2D eigenvalue weighted by atomic mass is 31.2. The van der Waals surface area contributed by atoms with E-state index in [1.54, 1.807) is 0 Å². The lowest BCUT2D eigenvalue weighted by Gasteiger charge is -2.24. The van der Waals surface area contributed by atoms with Crippen molar-refractivity contribution in [3.8, 4) is 0 Å². The fourth-order valence-corrected chi connectivity index (χ4v) is 10.1. The molecule has 90 heavy (non-hydrogen) atoms. The highest BCUT2D eigenvalue weighted by Gasteiger charge is 2.27. The van der Waals surface area contributed by atoms with Crippen molar-refractivity contribution in [2.75, 3.05) is 47.5 Å². The number of phosphoric acid groups is 1. The Morgan fingerprint density at radius 1 is 0.344 bits per heavy atom. The first-order valence-corrected chi connectivity index (χ1v) is 37.4. The van der Waals surface area contributed by atoms with Gasteiger partial charge in [-0.25, -0.2) is 4.57 Å². The summed E-state index contributed by atoms with van der Waals surface area (Å²) in [7, 11) is 1.46. The van der Waals surface area contributed by atoms with Crippen LogP contribution >= 0.6 is 7.82 Å². The van der Waals surface area contributed by atoms with E-state index in [9.17, 15) is 19.0 Å². The van der Waals surface area contributed by atoms with Crippen LogP contribution in [0.2, 0.25) is 0 Å². The minimum absolute atomic E-state index is 0.0226. The van der Waals surface area contributed by atoms with E-state index in [0.717, 1.165) is 148 Å². The van der Waals surface area contributed by atoms with E-state index in [2.05, 4.69) is 184 Å². The lowest BCUT2D eigenvalue weighted by atomic mass is 10.0. The first-order valence-electron chi connectivity index (χ1n) is 35.9. The first-order chi connectivity index (χ1) is 44.0. The highest BCUT2D eigenvalue weighted by molar-refractivity contribution is 7.47. The third-order valence-corrected chi connectivity index (χ3v) is 15.7. The predicted octanol–water partition coefficient (Wildman–Crippen LogP) is 23.7. The van der Waals surface area contributed by atoms with Crippen molar-refractivity contribution >= 4 is 19.8 Å². The van der Waals surface area contributed by atoms with Gasteiger partial charge in [-0.3, -0.25) is 18.6 Å². The Bertz CT molecular complexity index is 2130. The Balaban J connectivity index is 4.11. The van der Waals surface area contributed by atoms with Crippen LogP contribution in [-0.4, -0.2) is 74.9 Å². The summed E-state index contributed by atoms with van der Waals surface area (Å²) in [6, 6.07) is 0. The van der Waals surface area contributed by atoms with Crippen LogP contribution < -0.4 is 0 Å². The second kappa shape index (κ2) is 68.7. The number of phosphoric ester groups is 1. The summed E-state index contributed by atoms with van der Waals surface area (Å²) in [6.07, 6.45) is 104. The number of hydrogen-bond acceptors (Lipinski definition) is 7. The van der Waals surface area contributed by atoms with Crippen molar-refractivity contribution < 1.29 is 42.1 Å². The van der Waals surface area contributed by atoms with E-state index in [1.807, 2.05) is 21.1 Å². The van der Waals surface area contributed by atoms with Crippen molar-refractivity contribution in [2.24, 2.45) is 0 Å². The lowest BCUT2D eigenvalue weighted by molar-refractivity contribution is -0.870. The van der Waals surface area contributed by atoms with E-state index in [0.29, 0.717) is 17.4 Å². The van der Waals surface area contributed by atoms with Crippen molar-refractivity contribution in [3.63, 3.8) is 0 Å². The number of esters is 2. The molecule has 0 bridgehead atoms. The molecule has 0 saturated heterocycles. The molecule has 510 valence electrons. The third-order valence-electron chi connectivity index (χ3n) is 14.7. The Kier molecular flexibility index (Phi) is 65.2. The Morgan fingerprint density at radius 2 is 0.600 bits per heavy atom. The number of quaternary nitrogens is 1. The summed E-state index contributed by atoms with van der Waals surface area (Å²) >= 11 is 0. The molecule has 1 N–H and O–H groups in total. The van der Waals surface area contributed by atoms with E-state index < -0.39 is 26.5 Å². The quantitative estimate of drug-likeness (QED) is 0.0211. The van der Waals surface area contributed by atoms with Crippen LogP contribution in [0.3, 0.4) is 0 Å². The highest BCUT2D eigenvalue weighted by Crippen LogP contribution is 2.43. The number of carbonyl (C=O) groups is 2. The van der Waals surface area contributed by atoms with Crippen molar-refractivity contribution in [1.82, 2.24) is 0 Å². The summed E-state index contributed by atoms with van der Waals surface area (Å²) in [5, 5.41) is 0. The van der Waals surface area contributed by atoms with E-state index in [-0.39, 0.29) is 32.0 Å². The maximum atomic E-state index is 12.9. The summed E-state index contributed by atoms with van der Waals surface area (Å²) in [5.74, 6) is -0.811. The zero-order valence-corrected chi connectivity index (χ0v) is 58.9. The number of ether oxygens (including phenoxy) is 2. The molecule has 0 aliphatic carbocycles. The molecule has 0 aliphatic rings. The fraction of sp³-hybridized carbons (Fsp3) is 0.625. The van der Waals surface area contributed by atoms with Crippen molar-refractivity contribution in [2.45, 2.75) is 277 Å². The number of allylic oxidation sites excluding steroid dienone is 28. The maximum absolute atomic E-state index is 12.9. The zero-order valence-electron chi connectivity index (χ0n) is 58.1. The normalized spacial score (nSPS) is 14.2. The van der Waals surface area contributed by atoms with Crippen LogP contribution in [0.15, 0.2) is 170 Å². The van der Waals surface area contributed by atoms with Gasteiger partial charge in [-0.05, 0) is 128 Å². The van der Waals surface area contributed by atoms with Gasteiger partial charge in [0.15, 0.2) is 6.10 Å². The predicted molar refractivity (Wildman–Crippen MR) is 389 cm³/mol. The van der Waals surface area contributed by atoms with Gasteiger partial charge in [0.1, 0.15) is 19.8 Å². The SMILES string of the molecule is CC/C=C\C/C=C\C/C=C\C/C=C\C/C=C\C/C=C\C/C=C\CCCCCCCCCCCCCC(=O)OCC(COP(=O)(O)OCC[N+](C)(C)C)OC(=O)CCCCCCCCCCCCC/C=C\C/C=C\C/C=C\C/C=C\C/C=C\C/C=C\C/C=C\CC. The van der Waals surface area contributed by atoms with Gasteiger partial charge in [0.05, 0.1) is 27.7 Å². The summed E-state index contributed by atoms with van der Waals surface area (Å²) in [6.45, 7) is 4.19. The van der Waals surface area contributed by atoms with Gasteiger partial charge in [0, 0.05) is 12.8 Å². The molecule has 0 aromatic rings. The molecule has 0 aliphatic heterocycles. The number of unbranched alkanes of at least 4 members (excludes halogenated alkanes) is 22. The fourth-order valence-electron chi connectivity index (χ4n) is 9.33. The van der Waals surface area contributed by atoms with Gasteiger partial charge in [-0.1, -0.05) is 300 Å². The van der Waals surface area contributed by atoms with E-state index in [4.69, 9.17) is 18.5 Å². The molecule has 0 fully saturated rings. The number of likely N-dealkylation sites (N-methyl/N-ethyl adjacent to an activating group) is 1. The Labute approximate surface area is 553 Å². The molecule has 0 saturated carbocycles. The summed E-state index contributed by atoms with van der Waals surface area (Å²) in [4.78, 5) is 35.9. The number of carbonyl (C=O) groups excluding carboxylic acids is 2. The number of nitrogens with zero attached hydrogens (tertiary/aromatic N) is 1. The molecule has 0 aromatic carbocycles. The van der Waals surface area contributed by atoms with Crippen LogP contribution in [0, 0.1) is 0 Å². The lowest BCUT2D eigenvalue weighted by Crippen LogP contribution is -2.37. The van der Waals surface area contributed by atoms with Gasteiger partial charge in [0.25, 0.3) is 0 Å². The van der Waals surface area contributed by atoms with Gasteiger partial charge < -0.3 is 18.9 Å². The molecule has 0 rings (SSSR count). The van der Waals surface area contributed by atoms with Crippen LogP contribution in [0.5, 0.6) is 0 Å². The number of rotatable bonds is 64. The van der Waals surface area contributed by atoms with Gasteiger partial charge >= 0.3 is 19.8 Å². The second-order valence-electron chi connectivity index (χ2n) is 24.5. The van der Waals surface area contributed by atoms with Gasteiger partial charge in [0.2, 0.25) is 0 Å². The Hall–Kier alpha value is -4.63. The molecule has 0 aromatic heterocycles. The molecule has 2 unspecified atom stereocenters. The Morgan fingerprint density at radius 3 is 0.889 bits per heavy atom. The molecule has 2 atom stereocenters. The molecular weight excluding hydrogens is 1130 g/mol. The molecular formula is C80H133NO8P+. The van der Waals surface area contributed by atoms with Crippen molar-refractivity contribution in [1.29, 1.82) is 0 Å². The van der Waals surface area contributed by atoms with Crippen LogP contribution in [-0.2, 0) is 32.7 Å². The van der Waals surface area contributed by atoms with Crippen LogP contribution in [0.25, 0.3) is 0 Å². The topological polar surface area (TPSA) is 108 Å². The average Bonchev–Trinajstić information content (AvgIpc) is 3.56. The smallest absolute Gasteiger partial charge is 0.462 e. The molecule has 0 heterocycles. The maximum Gasteiger partial charge on any atom is 0.472 e. The molecule has 0 amide bonds. The molecule has 0 radical (unpaired) electrons.